The van der Waals surface area contributed by atoms with E-state index in [1.165, 1.54) is 0 Å². The standard InChI is InChI=1S/C17H23N3O3S/c1-12-4-3-5-14-17(12)19-15(18-14)6-7-16(21)20-9-11-24(22,23)10-8-13(20)2/h3-5,13H,6-11H2,1-2H3,(H,18,19). The van der Waals surface area contributed by atoms with E-state index in [1.54, 1.807) is 4.90 Å². The predicted molar refractivity (Wildman–Crippen MR) is 93.6 cm³/mol. The molecule has 1 aliphatic heterocycles. The molecular formula is C17H23N3O3S. The molecule has 1 atom stereocenters. The number of fused-ring (bicyclic) bond motifs is 1. The molecule has 0 saturated carbocycles. The van der Waals surface area contributed by atoms with Crippen molar-refractivity contribution in [2.24, 2.45) is 0 Å². The van der Waals surface area contributed by atoms with Crippen molar-refractivity contribution in [3.8, 4) is 0 Å². The Labute approximate surface area is 142 Å². The third kappa shape index (κ3) is 3.61. The highest BCUT2D eigenvalue weighted by Gasteiger charge is 2.27. The minimum atomic E-state index is -3.02. The number of aromatic nitrogens is 2. The molecule has 1 N–H and O–H groups in total. The van der Waals surface area contributed by atoms with Gasteiger partial charge in [0.1, 0.15) is 5.82 Å². The van der Waals surface area contributed by atoms with Crippen LogP contribution in [0.2, 0.25) is 0 Å². The summed E-state index contributed by atoms with van der Waals surface area (Å²) in [7, 11) is -3.02. The zero-order valence-corrected chi connectivity index (χ0v) is 14.9. The van der Waals surface area contributed by atoms with Crippen LogP contribution in [0.15, 0.2) is 18.2 Å². The summed E-state index contributed by atoms with van der Waals surface area (Å²) in [6, 6.07) is 5.93. The van der Waals surface area contributed by atoms with Gasteiger partial charge in [0, 0.05) is 25.4 Å². The van der Waals surface area contributed by atoms with Gasteiger partial charge in [0.2, 0.25) is 5.91 Å². The first-order chi connectivity index (χ1) is 11.4. The van der Waals surface area contributed by atoms with Crippen LogP contribution in [-0.2, 0) is 21.1 Å². The van der Waals surface area contributed by atoms with Crippen molar-refractivity contribution < 1.29 is 13.2 Å². The second-order valence-corrected chi connectivity index (χ2v) is 8.83. The Morgan fingerprint density at radius 2 is 2.17 bits per heavy atom. The SMILES string of the molecule is Cc1cccc2[nH]c(CCC(=O)N3CCS(=O)(=O)CCC3C)nc12. The number of benzene rings is 1. The normalized spacial score (nSPS) is 20.9. The quantitative estimate of drug-likeness (QED) is 0.916. The Balaban J connectivity index is 1.66. The zero-order chi connectivity index (χ0) is 17.3. The van der Waals surface area contributed by atoms with E-state index >= 15 is 0 Å². The summed E-state index contributed by atoms with van der Waals surface area (Å²) in [6.07, 6.45) is 1.38. The highest BCUT2D eigenvalue weighted by molar-refractivity contribution is 7.91. The molecule has 1 aromatic heterocycles. The van der Waals surface area contributed by atoms with Crippen LogP contribution < -0.4 is 0 Å². The fourth-order valence-corrected chi connectivity index (χ4v) is 4.53. The zero-order valence-electron chi connectivity index (χ0n) is 14.1. The van der Waals surface area contributed by atoms with Gasteiger partial charge in [0.25, 0.3) is 0 Å². The number of nitrogens with zero attached hydrogens (tertiary/aromatic N) is 2. The van der Waals surface area contributed by atoms with Gasteiger partial charge >= 0.3 is 0 Å². The van der Waals surface area contributed by atoms with Crippen LogP contribution in [0.5, 0.6) is 0 Å². The van der Waals surface area contributed by atoms with Crippen molar-refractivity contribution in [3.63, 3.8) is 0 Å². The van der Waals surface area contributed by atoms with E-state index < -0.39 is 9.84 Å². The summed E-state index contributed by atoms with van der Waals surface area (Å²) >= 11 is 0. The lowest BCUT2D eigenvalue weighted by Gasteiger charge is -2.26. The molecule has 1 saturated heterocycles. The Hall–Kier alpha value is -1.89. The van der Waals surface area contributed by atoms with Crippen molar-refractivity contribution in [3.05, 3.63) is 29.6 Å². The fraction of sp³-hybridized carbons (Fsp3) is 0.529. The van der Waals surface area contributed by atoms with E-state index in [0.717, 1.165) is 22.4 Å². The number of hydrogen-bond acceptors (Lipinski definition) is 4. The van der Waals surface area contributed by atoms with Gasteiger partial charge < -0.3 is 9.88 Å². The molecule has 1 unspecified atom stereocenters. The molecule has 0 radical (unpaired) electrons. The van der Waals surface area contributed by atoms with Gasteiger partial charge in [0.05, 0.1) is 22.5 Å². The van der Waals surface area contributed by atoms with Gasteiger partial charge in [-0.25, -0.2) is 13.4 Å². The summed E-state index contributed by atoms with van der Waals surface area (Å²) in [4.78, 5) is 22.0. The number of imidazole rings is 1. The Bertz CT molecular complexity index is 857. The second-order valence-electron chi connectivity index (χ2n) is 6.53. The monoisotopic (exact) mass is 349 g/mol. The summed E-state index contributed by atoms with van der Waals surface area (Å²) in [5.41, 5.74) is 3.02. The smallest absolute Gasteiger partial charge is 0.223 e. The van der Waals surface area contributed by atoms with Crippen molar-refractivity contribution in [1.82, 2.24) is 14.9 Å². The van der Waals surface area contributed by atoms with Gasteiger partial charge in [-0.05, 0) is 31.9 Å². The first-order valence-corrected chi connectivity index (χ1v) is 10.1. The molecule has 7 heteroatoms. The molecule has 130 valence electrons. The second kappa shape index (κ2) is 6.55. The van der Waals surface area contributed by atoms with Crippen LogP contribution in [0.25, 0.3) is 11.0 Å². The van der Waals surface area contributed by atoms with Crippen molar-refractivity contribution in [2.75, 3.05) is 18.1 Å². The number of sulfone groups is 1. The summed E-state index contributed by atoms with van der Waals surface area (Å²) in [5.74, 6) is 1.02. The summed E-state index contributed by atoms with van der Waals surface area (Å²) < 4.78 is 23.5. The lowest BCUT2D eigenvalue weighted by Crippen LogP contribution is -2.39. The first kappa shape index (κ1) is 17.0. The van der Waals surface area contributed by atoms with Gasteiger partial charge in [0.15, 0.2) is 9.84 Å². The number of para-hydroxylation sites is 1. The number of carbonyl (C=O) groups is 1. The first-order valence-electron chi connectivity index (χ1n) is 8.30. The third-order valence-electron chi connectivity index (χ3n) is 4.68. The van der Waals surface area contributed by atoms with Crippen LogP contribution in [0, 0.1) is 6.92 Å². The van der Waals surface area contributed by atoms with Crippen LogP contribution in [0.4, 0.5) is 0 Å². The maximum atomic E-state index is 12.5. The number of aryl methyl sites for hydroxylation is 2. The minimum absolute atomic E-state index is 0.00298. The highest BCUT2D eigenvalue weighted by atomic mass is 32.2. The fourth-order valence-electron chi connectivity index (χ4n) is 3.15. The van der Waals surface area contributed by atoms with Crippen molar-refractivity contribution in [1.29, 1.82) is 0 Å². The molecule has 0 spiro atoms. The number of rotatable bonds is 3. The van der Waals surface area contributed by atoms with E-state index in [4.69, 9.17) is 0 Å². The number of nitrogens with one attached hydrogen (secondary N) is 1. The average molecular weight is 349 g/mol. The molecule has 6 nitrogen and oxygen atoms in total. The van der Waals surface area contributed by atoms with Crippen LogP contribution in [0.3, 0.4) is 0 Å². The van der Waals surface area contributed by atoms with Crippen LogP contribution in [-0.4, -0.2) is 53.3 Å². The lowest BCUT2D eigenvalue weighted by atomic mass is 10.2. The maximum Gasteiger partial charge on any atom is 0.223 e. The van der Waals surface area contributed by atoms with Crippen LogP contribution in [0.1, 0.15) is 31.2 Å². The molecule has 0 bridgehead atoms. The van der Waals surface area contributed by atoms with E-state index in [1.807, 2.05) is 32.0 Å². The minimum Gasteiger partial charge on any atom is -0.342 e. The molecule has 2 aromatic rings. The molecule has 1 amide bonds. The Morgan fingerprint density at radius 3 is 2.92 bits per heavy atom. The van der Waals surface area contributed by atoms with Gasteiger partial charge in [-0.2, -0.15) is 0 Å². The van der Waals surface area contributed by atoms with Gasteiger partial charge in [-0.15, -0.1) is 0 Å². The number of H-pyrrole nitrogens is 1. The number of hydrogen-bond donors (Lipinski definition) is 1. The maximum absolute atomic E-state index is 12.5. The molecule has 0 aliphatic carbocycles. The number of aromatic amines is 1. The summed E-state index contributed by atoms with van der Waals surface area (Å²) in [5, 5.41) is 0. The van der Waals surface area contributed by atoms with Crippen molar-refractivity contribution in [2.45, 2.75) is 39.2 Å². The predicted octanol–water partition coefficient (Wildman–Crippen LogP) is 1.84. The van der Waals surface area contributed by atoms with E-state index in [2.05, 4.69) is 9.97 Å². The van der Waals surface area contributed by atoms with E-state index in [9.17, 15) is 13.2 Å². The average Bonchev–Trinajstić information content (AvgIpc) is 2.90. The highest BCUT2D eigenvalue weighted by Crippen LogP contribution is 2.18. The Morgan fingerprint density at radius 1 is 1.38 bits per heavy atom. The van der Waals surface area contributed by atoms with Crippen LogP contribution >= 0.6 is 0 Å². The molecule has 1 fully saturated rings. The van der Waals surface area contributed by atoms with E-state index in [-0.39, 0.29) is 23.5 Å². The molecule has 1 aromatic carbocycles. The molecule has 1 aliphatic rings. The molecule has 3 rings (SSSR count). The largest absolute Gasteiger partial charge is 0.342 e. The Kier molecular flexibility index (Phi) is 4.62. The molecule has 2 heterocycles. The number of amides is 1. The molecule has 24 heavy (non-hydrogen) atoms. The lowest BCUT2D eigenvalue weighted by molar-refractivity contribution is -0.132. The van der Waals surface area contributed by atoms with E-state index in [0.29, 0.717) is 25.8 Å². The number of carbonyl (C=O) groups excluding carboxylic acids is 1. The molecular weight excluding hydrogens is 326 g/mol. The van der Waals surface area contributed by atoms with Gasteiger partial charge in [-0.3, -0.25) is 4.79 Å². The van der Waals surface area contributed by atoms with Gasteiger partial charge in [-0.1, -0.05) is 12.1 Å². The topological polar surface area (TPSA) is 83.1 Å². The summed E-state index contributed by atoms with van der Waals surface area (Å²) in [6.45, 7) is 4.22. The van der Waals surface area contributed by atoms with Crippen molar-refractivity contribution >= 4 is 26.8 Å². The third-order valence-corrected chi connectivity index (χ3v) is 6.34.